The van der Waals surface area contributed by atoms with Crippen molar-refractivity contribution in [3.63, 3.8) is 0 Å². The fraction of sp³-hybridized carbons (Fsp3) is 0.583. The summed E-state index contributed by atoms with van der Waals surface area (Å²) in [7, 11) is 1.66. The third-order valence-corrected chi connectivity index (χ3v) is 4.44. The molecule has 1 aliphatic heterocycles. The molecule has 1 aliphatic rings. The Hall–Kier alpha value is -0.770. The van der Waals surface area contributed by atoms with Crippen LogP contribution in [0.3, 0.4) is 0 Å². The van der Waals surface area contributed by atoms with Crippen LogP contribution in [0.25, 0.3) is 0 Å². The molecule has 3 nitrogen and oxygen atoms in total. The molecule has 88 valence electrons. The quantitative estimate of drug-likeness (QED) is 0.781. The monoisotopic (exact) mass is 284 g/mol. The highest BCUT2D eigenvalue weighted by atomic mass is 79.9. The zero-order chi connectivity index (χ0) is 11.5. The summed E-state index contributed by atoms with van der Waals surface area (Å²) in [4.78, 5) is 7.39. The average Bonchev–Trinajstić information content (AvgIpc) is 2.33. The minimum atomic E-state index is 0.641. The minimum Gasteiger partial charge on any atom is -0.495 e. The fourth-order valence-electron chi connectivity index (χ4n) is 2.01. The van der Waals surface area contributed by atoms with Crippen LogP contribution in [-0.4, -0.2) is 30.0 Å². The lowest BCUT2D eigenvalue weighted by Gasteiger charge is -2.35. The molecule has 1 fully saturated rings. The highest BCUT2D eigenvalue weighted by molar-refractivity contribution is 9.09. The van der Waals surface area contributed by atoms with Gasteiger partial charge in [0.25, 0.3) is 0 Å². The van der Waals surface area contributed by atoms with E-state index in [-0.39, 0.29) is 0 Å². The summed E-state index contributed by atoms with van der Waals surface area (Å²) in [5.74, 6) is 2.52. The molecule has 16 heavy (non-hydrogen) atoms. The van der Waals surface area contributed by atoms with Crippen molar-refractivity contribution in [2.75, 3.05) is 25.1 Å². The molecule has 0 radical (unpaired) electrons. The molecule has 0 aromatic carbocycles. The van der Waals surface area contributed by atoms with Crippen LogP contribution in [0.5, 0.6) is 5.75 Å². The molecule has 2 atom stereocenters. The number of methoxy groups -OCH3 is 1. The van der Waals surface area contributed by atoms with E-state index in [4.69, 9.17) is 4.74 Å². The minimum absolute atomic E-state index is 0.641. The van der Waals surface area contributed by atoms with Crippen LogP contribution in [0.1, 0.15) is 13.3 Å². The third kappa shape index (κ3) is 2.48. The highest BCUT2D eigenvalue weighted by Gasteiger charge is 2.24. The second kappa shape index (κ2) is 5.04. The number of aromatic nitrogens is 1. The van der Waals surface area contributed by atoms with Crippen LogP contribution in [-0.2, 0) is 0 Å². The van der Waals surface area contributed by atoms with Crippen LogP contribution in [0.15, 0.2) is 18.3 Å². The zero-order valence-electron chi connectivity index (χ0n) is 9.69. The summed E-state index contributed by atoms with van der Waals surface area (Å²) in [6, 6.07) is 3.99. The van der Waals surface area contributed by atoms with Crippen molar-refractivity contribution in [1.29, 1.82) is 0 Å². The molecule has 0 spiro atoms. The fourth-order valence-corrected chi connectivity index (χ4v) is 2.38. The molecule has 2 rings (SSSR count). The van der Waals surface area contributed by atoms with Crippen molar-refractivity contribution >= 4 is 21.7 Å². The summed E-state index contributed by atoms with van der Waals surface area (Å²) in [5, 5.41) is 0. The van der Waals surface area contributed by atoms with Crippen molar-refractivity contribution in [3.8, 4) is 5.75 Å². The molecule has 0 bridgehead atoms. The van der Waals surface area contributed by atoms with Gasteiger partial charge in [0.15, 0.2) is 0 Å². The highest BCUT2D eigenvalue weighted by Crippen LogP contribution is 2.26. The Labute approximate surface area is 105 Å². The number of pyridine rings is 1. The summed E-state index contributed by atoms with van der Waals surface area (Å²) in [5.41, 5.74) is 0. The van der Waals surface area contributed by atoms with E-state index in [1.165, 1.54) is 6.42 Å². The first-order valence-electron chi connectivity index (χ1n) is 5.59. The van der Waals surface area contributed by atoms with E-state index in [0.717, 1.165) is 24.7 Å². The predicted molar refractivity (Wildman–Crippen MR) is 69.5 cm³/mol. The van der Waals surface area contributed by atoms with E-state index >= 15 is 0 Å². The number of ether oxygens (including phenoxy) is 1. The zero-order valence-corrected chi connectivity index (χ0v) is 11.3. The van der Waals surface area contributed by atoms with Crippen LogP contribution in [0, 0.1) is 5.92 Å². The summed E-state index contributed by atoms with van der Waals surface area (Å²) in [6.07, 6.45) is 2.95. The standard InChI is InChI=1S/C12H17BrN2O/c1-9-8-15(6-5-11(9)13)12-4-3-10(16-2)7-14-12/h3-4,7,9,11H,5-6,8H2,1-2H3. The lowest BCUT2D eigenvalue weighted by Crippen LogP contribution is -2.40. The van der Waals surface area contributed by atoms with Gasteiger partial charge in [-0.3, -0.25) is 0 Å². The topological polar surface area (TPSA) is 25.4 Å². The van der Waals surface area contributed by atoms with Gasteiger partial charge < -0.3 is 9.64 Å². The van der Waals surface area contributed by atoms with Crippen molar-refractivity contribution < 1.29 is 4.74 Å². The molecular formula is C12H17BrN2O. The Balaban J connectivity index is 2.06. The molecule has 4 heteroatoms. The number of anilines is 1. The second-order valence-electron chi connectivity index (χ2n) is 4.28. The molecule has 0 amide bonds. The number of nitrogens with zero attached hydrogens (tertiary/aromatic N) is 2. The summed E-state index contributed by atoms with van der Waals surface area (Å²) >= 11 is 3.71. The Morgan fingerprint density at radius 3 is 2.88 bits per heavy atom. The van der Waals surface area contributed by atoms with Gasteiger partial charge in [-0.05, 0) is 24.5 Å². The Bertz CT molecular complexity index is 341. The molecule has 0 aliphatic carbocycles. The van der Waals surface area contributed by atoms with Crippen LogP contribution in [0.4, 0.5) is 5.82 Å². The SMILES string of the molecule is COc1ccc(N2CCC(Br)C(C)C2)nc1. The summed E-state index contributed by atoms with van der Waals surface area (Å²) < 4.78 is 5.11. The van der Waals surface area contributed by atoms with E-state index in [1.54, 1.807) is 13.3 Å². The van der Waals surface area contributed by atoms with Gasteiger partial charge in [-0.25, -0.2) is 4.98 Å². The Morgan fingerprint density at radius 1 is 1.50 bits per heavy atom. The second-order valence-corrected chi connectivity index (χ2v) is 5.46. The third-order valence-electron chi connectivity index (χ3n) is 3.08. The molecule has 1 aromatic rings. The number of hydrogen-bond donors (Lipinski definition) is 0. The van der Waals surface area contributed by atoms with Gasteiger partial charge in [-0.1, -0.05) is 22.9 Å². The molecule has 0 saturated carbocycles. The van der Waals surface area contributed by atoms with Crippen LogP contribution in [0.2, 0.25) is 0 Å². The lowest BCUT2D eigenvalue weighted by molar-refractivity contribution is 0.412. The average molecular weight is 285 g/mol. The maximum atomic E-state index is 5.11. The van der Waals surface area contributed by atoms with E-state index in [0.29, 0.717) is 10.7 Å². The van der Waals surface area contributed by atoms with Crippen LogP contribution < -0.4 is 9.64 Å². The van der Waals surface area contributed by atoms with Crippen LogP contribution >= 0.6 is 15.9 Å². The maximum absolute atomic E-state index is 5.11. The van der Waals surface area contributed by atoms with E-state index in [2.05, 4.69) is 32.7 Å². The predicted octanol–water partition coefficient (Wildman–Crippen LogP) is 2.70. The molecule has 0 N–H and O–H groups in total. The molecule has 2 unspecified atom stereocenters. The first kappa shape index (κ1) is 11.7. The van der Waals surface area contributed by atoms with Crippen molar-refractivity contribution in [3.05, 3.63) is 18.3 Å². The largest absolute Gasteiger partial charge is 0.495 e. The van der Waals surface area contributed by atoms with E-state index in [1.807, 2.05) is 12.1 Å². The van der Waals surface area contributed by atoms with E-state index in [9.17, 15) is 0 Å². The van der Waals surface area contributed by atoms with Gasteiger partial charge in [-0.2, -0.15) is 0 Å². The smallest absolute Gasteiger partial charge is 0.137 e. The van der Waals surface area contributed by atoms with Crippen molar-refractivity contribution in [2.24, 2.45) is 5.92 Å². The number of piperidine rings is 1. The molecule has 2 heterocycles. The van der Waals surface area contributed by atoms with Crippen molar-refractivity contribution in [1.82, 2.24) is 4.98 Å². The van der Waals surface area contributed by atoms with Gasteiger partial charge >= 0.3 is 0 Å². The number of alkyl halides is 1. The van der Waals surface area contributed by atoms with Gasteiger partial charge in [0.05, 0.1) is 13.3 Å². The van der Waals surface area contributed by atoms with Gasteiger partial charge in [-0.15, -0.1) is 0 Å². The lowest BCUT2D eigenvalue weighted by atomic mass is 10.0. The van der Waals surface area contributed by atoms with Gasteiger partial charge in [0.1, 0.15) is 11.6 Å². The van der Waals surface area contributed by atoms with Gasteiger partial charge in [0, 0.05) is 17.9 Å². The summed E-state index contributed by atoms with van der Waals surface area (Å²) in [6.45, 7) is 4.41. The molecule has 1 saturated heterocycles. The first-order valence-corrected chi connectivity index (χ1v) is 6.51. The Kier molecular flexibility index (Phi) is 3.69. The maximum Gasteiger partial charge on any atom is 0.137 e. The normalized spacial score (nSPS) is 25.6. The number of hydrogen-bond acceptors (Lipinski definition) is 3. The molecular weight excluding hydrogens is 268 g/mol. The Morgan fingerprint density at radius 2 is 2.31 bits per heavy atom. The number of rotatable bonds is 2. The van der Waals surface area contributed by atoms with Crippen molar-refractivity contribution in [2.45, 2.75) is 18.2 Å². The number of halogens is 1. The molecule has 1 aromatic heterocycles. The van der Waals surface area contributed by atoms with Gasteiger partial charge in [0.2, 0.25) is 0 Å². The first-order chi connectivity index (χ1) is 7.70. The van der Waals surface area contributed by atoms with E-state index < -0.39 is 0 Å².